The van der Waals surface area contributed by atoms with E-state index in [0.717, 1.165) is 22.2 Å². The zero-order chi connectivity index (χ0) is 22.2. The number of nitrogens with zero attached hydrogens (tertiary/aromatic N) is 4. The fourth-order valence-electron chi connectivity index (χ4n) is 3.64. The number of H-pyrrole nitrogens is 1. The Hall–Kier alpha value is -2.99. The number of likely N-dealkylation sites (tertiary alicyclic amines) is 1. The number of aromatic nitrogens is 4. The number of piperidine rings is 1. The van der Waals surface area contributed by atoms with Gasteiger partial charge in [-0.3, -0.25) is 5.41 Å². The monoisotopic (exact) mass is 518 g/mol. The Morgan fingerprint density at radius 2 is 2.06 bits per heavy atom. The van der Waals surface area contributed by atoms with Crippen molar-refractivity contribution in [1.82, 2.24) is 24.4 Å². The van der Waals surface area contributed by atoms with Crippen molar-refractivity contribution in [1.29, 1.82) is 5.41 Å². The van der Waals surface area contributed by atoms with Gasteiger partial charge in [-0.2, -0.15) is 0 Å². The summed E-state index contributed by atoms with van der Waals surface area (Å²) in [6.45, 7) is 1.78. The molecule has 4 heterocycles. The first-order chi connectivity index (χ1) is 15.5. The number of imidazole rings is 1. The predicted molar refractivity (Wildman–Crippen MR) is 119 cm³/mol. The standard InChI is InChI=1S/C20H19BrN6O4S/c21-12-7-13-14(31-10-30-13)8-15(12)32-19-24-16-17(22)23-9-27(18(16)25-19)6-3-11-1-4-26(5-2-11)20(28)29/h3,7-9,22H,1-2,4-6,10H2,(H,24,25)(H,28,29). The minimum Gasteiger partial charge on any atom is -0.465 e. The number of hydrogen-bond acceptors (Lipinski definition) is 7. The molecule has 1 fully saturated rings. The second-order valence-electron chi connectivity index (χ2n) is 7.36. The number of hydrogen-bond donors (Lipinski definition) is 3. The fraction of sp³-hybridized carbons (Fsp3) is 0.300. The lowest BCUT2D eigenvalue weighted by molar-refractivity contribution is 0.141. The van der Waals surface area contributed by atoms with Crippen LogP contribution in [0, 0.1) is 5.41 Å². The van der Waals surface area contributed by atoms with E-state index in [-0.39, 0.29) is 12.3 Å². The Morgan fingerprint density at radius 3 is 2.81 bits per heavy atom. The third kappa shape index (κ3) is 4.07. The van der Waals surface area contributed by atoms with Crippen LogP contribution in [0.5, 0.6) is 11.5 Å². The van der Waals surface area contributed by atoms with Crippen molar-refractivity contribution in [3.8, 4) is 11.5 Å². The first-order valence-corrected chi connectivity index (χ1v) is 11.5. The molecule has 3 aromatic rings. The predicted octanol–water partition coefficient (Wildman–Crippen LogP) is 3.58. The van der Waals surface area contributed by atoms with Crippen LogP contribution in [0.4, 0.5) is 4.79 Å². The number of aromatic amines is 1. The molecule has 10 nitrogen and oxygen atoms in total. The second-order valence-corrected chi connectivity index (χ2v) is 9.24. The van der Waals surface area contributed by atoms with Crippen LogP contribution in [0.25, 0.3) is 11.2 Å². The number of halogens is 1. The molecule has 0 radical (unpaired) electrons. The molecule has 2 aromatic heterocycles. The van der Waals surface area contributed by atoms with Gasteiger partial charge < -0.3 is 29.0 Å². The fourth-order valence-corrected chi connectivity index (χ4v) is 5.02. The van der Waals surface area contributed by atoms with E-state index in [1.807, 2.05) is 16.7 Å². The van der Waals surface area contributed by atoms with Gasteiger partial charge in [0.2, 0.25) is 6.79 Å². The van der Waals surface area contributed by atoms with E-state index in [1.54, 1.807) is 6.33 Å². The molecule has 5 rings (SSSR count). The van der Waals surface area contributed by atoms with Crippen LogP contribution in [0.2, 0.25) is 0 Å². The number of amides is 1. The number of ether oxygens (including phenoxy) is 2. The molecule has 0 saturated carbocycles. The van der Waals surface area contributed by atoms with Crippen molar-refractivity contribution in [2.45, 2.75) is 29.4 Å². The number of benzene rings is 1. The van der Waals surface area contributed by atoms with Crippen molar-refractivity contribution in [2.24, 2.45) is 0 Å². The summed E-state index contributed by atoms with van der Waals surface area (Å²) in [4.78, 5) is 25.5. The smallest absolute Gasteiger partial charge is 0.407 e. The number of fused-ring (bicyclic) bond motifs is 2. The van der Waals surface area contributed by atoms with Crippen LogP contribution < -0.4 is 15.0 Å². The molecule has 12 heteroatoms. The summed E-state index contributed by atoms with van der Waals surface area (Å²) >= 11 is 4.98. The van der Waals surface area contributed by atoms with Crippen molar-refractivity contribution in [3.63, 3.8) is 0 Å². The summed E-state index contributed by atoms with van der Waals surface area (Å²) in [6.07, 6.45) is 4.28. The van der Waals surface area contributed by atoms with Gasteiger partial charge >= 0.3 is 6.09 Å². The van der Waals surface area contributed by atoms with Crippen LogP contribution in [-0.4, -0.2) is 55.5 Å². The minimum absolute atomic E-state index is 0.128. The molecule has 0 atom stereocenters. The van der Waals surface area contributed by atoms with Crippen molar-refractivity contribution in [2.75, 3.05) is 19.9 Å². The van der Waals surface area contributed by atoms with E-state index in [4.69, 9.17) is 25.0 Å². The molecule has 2 aliphatic heterocycles. The Labute approximate surface area is 194 Å². The molecule has 1 aromatic carbocycles. The summed E-state index contributed by atoms with van der Waals surface area (Å²) in [5.41, 5.74) is 2.55. The maximum absolute atomic E-state index is 11.1. The largest absolute Gasteiger partial charge is 0.465 e. The van der Waals surface area contributed by atoms with Gasteiger partial charge in [-0.1, -0.05) is 23.4 Å². The lowest BCUT2D eigenvalue weighted by Gasteiger charge is -2.25. The first kappa shape index (κ1) is 20.9. The average molecular weight is 519 g/mol. The van der Waals surface area contributed by atoms with Crippen LogP contribution in [0.15, 0.2) is 44.6 Å². The van der Waals surface area contributed by atoms with Crippen LogP contribution in [0.1, 0.15) is 12.8 Å². The Morgan fingerprint density at radius 1 is 1.31 bits per heavy atom. The lowest BCUT2D eigenvalue weighted by Crippen LogP contribution is -2.35. The van der Waals surface area contributed by atoms with Gasteiger partial charge in [-0.05, 0) is 40.9 Å². The highest BCUT2D eigenvalue weighted by Crippen LogP contribution is 2.42. The van der Waals surface area contributed by atoms with Crippen LogP contribution in [-0.2, 0) is 6.54 Å². The minimum atomic E-state index is -0.869. The molecule has 0 spiro atoms. The quantitative estimate of drug-likeness (QED) is 0.450. The highest BCUT2D eigenvalue weighted by atomic mass is 79.9. The van der Waals surface area contributed by atoms with E-state index in [9.17, 15) is 4.79 Å². The van der Waals surface area contributed by atoms with Gasteiger partial charge in [0.1, 0.15) is 5.52 Å². The average Bonchev–Trinajstić information content (AvgIpc) is 3.41. The van der Waals surface area contributed by atoms with Gasteiger partial charge in [-0.25, -0.2) is 14.8 Å². The number of nitrogens with one attached hydrogen (secondary N) is 2. The topological polar surface area (TPSA) is 129 Å². The molecule has 166 valence electrons. The molecule has 3 N–H and O–H groups in total. The van der Waals surface area contributed by atoms with E-state index in [2.05, 4.69) is 32.0 Å². The highest BCUT2D eigenvalue weighted by molar-refractivity contribution is 9.10. The van der Waals surface area contributed by atoms with Crippen molar-refractivity contribution in [3.05, 3.63) is 40.1 Å². The molecule has 0 unspecified atom stereocenters. The van der Waals surface area contributed by atoms with Crippen molar-refractivity contribution < 1.29 is 19.4 Å². The van der Waals surface area contributed by atoms with E-state index in [1.165, 1.54) is 22.2 Å². The molecule has 0 bridgehead atoms. The van der Waals surface area contributed by atoms with E-state index >= 15 is 0 Å². The zero-order valence-electron chi connectivity index (χ0n) is 16.8. The van der Waals surface area contributed by atoms with Crippen LogP contribution >= 0.6 is 27.7 Å². The number of carbonyl (C=O) groups is 1. The molecule has 32 heavy (non-hydrogen) atoms. The van der Waals surface area contributed by atoms with Gasteiger partial charge in [0.05, 0.1) is 6.33 Å². The summed E-state index contributed by atoms with van der Waals surface area (Å²) in [6, 6.07) is 3.76. The van der Waals surface area contributed by atoms with E-state index in [0.29, 0.717) is 47.5 Å². The normalized spacial score (nSPS) is 15.4. The van der Waals surface area contributed by atoms with Gasteiger partial charge in [0.25, 0.3) is 0 Å². The molecule has 2 aliphatic rings. The second kappa shape index (κ2) is 8.51. The first-order valence-electron chi connectivity index (χ1n) is 9.90. The number of allylic oxidation sites excluding steroid dienone is 1. The molecule has 1 amide bonds. The Bertz CT molecular complexity index is 1290. The maximum Gasteiger partial charge on any atom is 0.407 e. The highest BCUT2D eigenvalue weighted by Gasteiger charge is 2.19. The third-order valence-electron chi connectivity index (χ3n) is 5.38. The molecular formula is C20H19BrN6O4S. The summed E-state index contributed by atoms with van der Waals surface area (Å²) in [7, 11) is 0. The summed E-state index contributed by atoms with van der Waals surface area (Å²) in [5.74, 6) is 1.38. The lowest BCUT2D eigenvalue weighted by atomic mass is 10.0. The van der Waals surface area contributed by atoms with Crippen LogP contribution in [0.3, 0.4) is 0 Å². The number of rotatable bonds is 4. The van der Waals surface area contributed by atoms with Gasteiger partial charge in [0.15, 0.2) is 27.8 Å². The third-order valence-corrected chi connectivity index (χ3v) is 7.25. The van der Waals surface area contributed by atoms with Gasteiger partial charge in [0, 0.05) is 29.0 Å². The van der Waals surface area contributed by atoms with E-state index < -0.39 is 6.09 Å². The van der Waals surface area contributed by atoms with Crippen molar-refractivity contribution >= 4 is 44.9 Å². The maximum atomic E-state index is 11.1. The molecule has 0 aliphatic carbocycles. The SMILES string of the molecule is N=c1ncn(CC=C2CCN(C(=O)O)CC2)c2nc(Sc3cc4c(cc3Br)OCO4)[nH]c12. The molecule has 1 saturated heterocycles. The molecular weight excluding hydrogens is 500 g/mol. The summed E-state index contributed by atoms with van der Waals surface area (Å²) in [5, 5.41) is 17.9. The Kier molecular flexibility index (Phi) is 5.55. The van der Waals surface area contributed by atoms with Gasteiger partial charge in [-0.15, -0.1) is 0 Å². The summed E-state index contributed by atoms with van der Waals surface area (Å²) < 4.78 is 13.6. The zero-order valence-corrected chi connectivity index (χ0v) is 19.2. The Balaban J connectivity index is 1.38. The number of carboxylic acid groups (broad SMARTS) is 1.